The molecule has 0 saturated heterocycles. The molecule has 0 saturated carbocycles. The molecule has 1 unspecified atom stereocenters. The van der Waals surface area contributed by atoms with Crippen LogP contribution in [0.25, 0.3) is 10.2 Å². The van der Waals surface area contributed by atoms with E-state index >= 15 is 0 Å². The lowest BCUT2D eigenvalue weighted by molar-refractivity contribution is -0.146. The first-order valence-electron chi connectivity index (χ1n) is 8.83. The van der Waals surface area contributed by atoms with Gasteiger partial charge >= 0.3 is 5.97 Å². The van der Waals surface area contributed by atoms with Crippen molar-refractivity contribution in [2.45, 2.75) is 51.9 Å². The highest BCUT2D eigenvalue weighted by Gasteiger charge is 2.28. The van der Waals surface area contributed by atoms with Gasteiger partial charge in [0.2, 0.25) is 0 Å². The molecule has 1 atom stereocenters. The molecule has 2 rings (SSSR count). The SMILES string of the molecule is CCCCOC(=O)C(CC(=O)SCCCC)c1nc2ccccc2s1. The number of carbonyl (C=O) groups excluding carboxylic acids is 2. The Hall–Kier alpha value is -1.40. The number of benzene rings is 1. The summed E-state index contributed by atoms with van der Waals surface area (Å²) in [7, 11) is 0. The first kappa shape index (κ1) is 19.9. The van der Waals surface area contributed by atoms with E-state index in [-0.39, 0.29) is 17.5 Å². The van der Waals surface area contributed by atoms with Crippen LogP contribution in [0.15, 0.2) is 24.3 Å². The topological polar surface area (TPSA) is 56.3 Å². The lowest BCUT2D eigenvalue weighted by Gasteiger charge is -2.13. The Morgan fingerprint density at radius 2 is 1.96 bits per heavy atom. The molecule has 0 radical (unpaired) electrons. The van der Waals surface area contributed by atoms with Crippen LogP contribution in [0.5, 0.6) is 0 Å². The number of unbranched alkanes of at least 4 members (excludes halogenated alkanes) is 2. The lowest BCUT2D eigenvalue weighted by atomic mass is 10.1. The number of hydrogen-bond donors (Lipinski definition) is 0. The predicted octanol–water partition coefficient (Wildman–Crippen LogP) is 5.17. The van der Waals surface area contributed by atoms with Crippen molar-refractivity contribution in [3.05, 3.63) is 29.3 Å². The zero-order valence-corrected chi connectivity index (χ0v) is 16.5. The summed E-state index contributed by atoms with van der Waals surface area (Å²) in [5, 5.41) is 0.706. The van der Waals surface area contributed by atoms with E-state index in [0.717, 1.165) is 41.7 Å². The quantitative estimate of drug-likeness (QED) is 0.421. The van der Waals surface area contributed by atoms with E-state index in [0.29, 0.717) is 11.6 Å². The summed E-state index contributed by atoms with van der Waals surface area (Å²) in [6, 6.07) is 7.78. The molecule has 0 bridgehead atoms. The van der Waals surface area contributed by atoms with Crippen molar-refractivity contribution in [3.63, 3.8) is 0 Å². The molecule has 1 aromatic heterocycles. The third-order valence-electron chi connectivity index (χ3n) is 3.77. The van der Waals surface area contributed by atoms with E-state index in [1.54, 1.807) is 0 Å². The first-order chi connectivity index (χ1) is 12.2. The number of rotatable bonds is 10. The van der Waals surface area contributed by atoms with E-state index in [1.807, 2.05) is 31.2 Å². The summed E-state index contributed by atoms with van der Waals surface area (Å²) in [6.45, 7) is 4.54. The smallest absolute Gasteiger partial charge is 0.316 e. The molecule has 136 valence electrons. The minimum absolute atomic E-state index is 0.0325. The second-order valence-corrected chi connectivity index (χ2v) is 8.09. The van der Waals surface area contributed by atoms with Crippen molar-refractivity contribution in [2.24, 2.45) is 0 Å². The summed E-state index contributed by atoms with van der Waals surface area (Å²) >= 11 is 2.78. The van der Waals surface area contributed by atoms with E-state index < -0.39 is 5.92 Å². The van der Waals surface area contributed by atoms with Crippen LogP contribution in [0.3, 0.4) is 0 Å². The number of thioether (sulfide) groups is 1. The number of thiazole rings is 1. The molecular formula is C19H25NO3S2. The van der Waals surface area contributed by atoms with Crippen molar-refractivity contribution < 1.29 is 14.3 Å². The maximum atomic E-state index is 12.5. The fourth-order valence-electron chi connectivity index (χ4n) is 2.28. The van der Waals surface area contributed by atoms with Gasteiger partial charge in [-0.3, -0.25) is 9.59 Å². The van der Waals surface area contributed by atoms with Crippen molar-refractivity contribution in [1.82, 2.24) is 4.98 Å². The Balaban J connectivity index is 2.13. The van der Waals surface area contributed by atoms with Crippen LogP contribution in [0.2, 0.25) is 0 Å². The molecule has 0 fully saturated rings. The van der Waals surface area contributed by atoms with E-state index in [2.05, 4.69) is 11.9 Å². The third kappa shape index (κ3) is 6.12. The Morgan fingerprint density at radius 1 is 1.20 bits per heavy atom. The van der Waals surface area contributed by atoms with Crippen LogP contribution in [0.4, 0.5) is 0 Å². The number of nitrogens with zero attached hydrogens (tertiary/aromatic N) is 1. The molecule has 2 aromatic rings. The molecule has 0 aliphatic carbocycles. The monoisotopic (exact) mass is 379 g/mol. The van der Waals surface area contributed by atoms with Gasteiger partial charge in [0.05, 0.1) is 16.8 Å². The van der Waals surface area contributed by atoms with E-state index in [1.165, 1.54) is 23.1 Å². The van der Waals surface area contributed by atoms with Crippen LogP contribution >= 0.6 is 23.1 Å². The van der Waals surface area contributed by atoms with Gasteiger partial charge in [-0.25, -0.2) is 4.98 Å². The summed E-state index contributed by atoms with van der Waals surface area (Å²) in [6.07, 6.45) is 4.01. The molecule has 0 amide bonds. The summed E-state index contributed by atoms with van der Waals surface area (Å²) in [5.41, 5.74) is 0.861. The van der Waals surface area contributed by atoms with Gasteiger partial charge in [-0.05, 0) is 25.0 Å². The summed E-state index contributed by atoms with van der Waals surface area (Å²) in [4.78, 5) is 29.4. The molecule has 0 N–H and O–H groups in total. The van der Waals surface area contributed by atoms with Crippen molar-refractivity contribution in [2.75, 3.05) is 12.4 Å². The van der Waals surface area contributed by atoms with Crippen LogP contribution in [-0.2, 0) is 14.3 Å². The Kier molecular flexibility index (Phi) is 8.41. The Morgan fingerprint density at radius 3 is 2.68 bits per heavy atom. The molecule has 1 heterocycles. The first-order valence-corrected chi connectivity index (χ1v) is 10.6. The molecule has 1 aromatic carbocycles. The van der Waals surface area contributed by atoms with Gasteiger partial charge in [0.15, 0.2) is 5.12 Å². The van der Waals surface area contributed by atoms with Crippen LogP contribution < -0.4 is 0 Å². The average Bonchev–Trinajstić information content (AvgIpc) is 3.03. The second-order valence-electron chi connectivity index (χ2n) is 5.87. The predicted molar refractivity (Wildman–Crippen MR) is 105 cm³/mol. The third-order valence-corrected chi connectivity index (χ3v) is 5.90. The zero-order valence-electron chi connectivity index (χ0n) is 14.8. The highest BCUT2D eigenvalue weighted by atomic mass is 32.2. The average molecular weight is 380 g/mol. The maximum Gasteiger partial charge on any atom is 0.316 e. The number of esters is 1. The number of para-hydroxylation sites is 1. The van der Waals surface area contributed by atoms with Crippen molar-refractivity contribution in [3.8, 4) is 0 Å². The number of carbonyl (C=O) groups is 2. The maximum absolute atomic E-state index is 12.5. The second kappa shape index (κ2) is 10.6. The zero-order chi connectivity index (χ0) is 18.1. The van der Waals surface area contributed by atoms with Gasteiger partial charge in [0.1, 0.15) is 10.9 Å². The Labute approximate surface area is 157 Å². The van der Waals surface area contributed by atoms with Gasteiger partial charge < -0.3 is 4.74 Å². The minimum atomic E-state index is -0.601. The standard InChI is InChI=1S/C19H25NO3S2/c1-3-5-11-23-19(22)14(13-17(21)24-12-6-4-2)18-20-15-9-7-8-10-16(15)25-18/h7-10,14H,3-6,11-13H2,1-2H3. The summed E-state index contributed by atoms with van der Waals surface area (Å²) < 4.78 is 6.41. The molecule has 6 heteroatoms. The largest absolute Gasteiger partial charge is 0.465 e. The van der Waals surface area contributed by atoms with Gasteiger partial charge in [-0.2, -0.15) is 0 Å². The van der Waals surface area contributed by atoms with E-state index in [9.17, 15) is 9.59 Å². The molecule has 0 aliphatic heterocycles. The molecular weight excluding hydrogens is 354 g/mol. The number of aromatic nitrogens is 1. The fraction of sp³-hybridized carbons (Fsp3) is 0.526. The van der Waals surface area contributed by atoms with Crippen molar-refractivity contribution in [1.29, 1.82) is 0 Å². The highest BCUT2D eigenvalue weighted by molar-refractivity contribution is 8.13. The van der Waals surface area contributed by atoms with Gasteiger partial charge in [-0.1, -0.05) is 50.6 Å². The highest BCUT2D eigenvalue weighted by Crippen LogP contribution is 2.31. The van der Waals surface area contributed by atoms with Gasteiger partial charge in [-0.15, -0.1) is 11.3 Å². The van der Waals surface area contributed by atoms with Crippen LogP contribution in [0, 0.1) is 0 Å². The van der Waals surface area contributed by atoms with Crippen LogP contribution in [0.1, 0.15) is 56.9 Å². The van der Waals surface area contributed by atoms with Gasteiger partial charge in [0.25, 0.3) is 0 Å². The minimum Gasteiger partial charge on any atom is -0.465 e. The van der Waals surface area contributed by atoms with Crippen molar-refractivity contribution >= 4 is 44.4 Å². The number of ether oxygens (including phenoxy) is 1. The molecule has 0 aliphatic rings. The molecule has 0 spiro atoms. The Bertz CT molecular complexity index is 666. The van der Waals surface area contributed by atoms with Gasteiger partial charge in [0, 0.05) is 12.2 Å². The lowest BCUT2D eigenvalue weighted by Crippen LogP contribution is -2.19. The normalized spacial score (nSPS) is 12.2. The van der Waals surface area contributed by atoms with E-state index in [4.69, 9.17) is 4.74 Å². The summed E-state index contributed by atoms with van der Waals surface area (Å²) in [5.74, 6) is -0.139. The number of hydrogen-bond acceptors (Lipinski definition) is 6. The van der Waals surface area contributed by atoms with Crippen LogP contribution in [-0.4, -0.2) is 28.4 Å². The fourth-order valence-corrected chi connectivity index (χ4v) is 4.29. The number of fused-ring (bicyclic) bond motifs is 1. The molecule has 4 nitrogen and oxygen atoms in total. The molecule has 25 heavy (non-hydrogen) atoms.